The van der Waals surface area contributed by atoms with Crippen LogP contribution < -0.4 is 5.32 Å². The van der Waals surface area contributed by atoms with Crippen molar-refractivity contribution < 1.29 is 4.79 Å². The molecular formula is C17H24N4O. The van der Waals surface area contributed by atoms with E-state index in [4.69, 9.17) is 0 Å². The molecule has 0 spiro atoms. The van der Waals surface area contributed by atoms with E-state index in [1.807, 2.05) is 35.9 Å². The van der Waals surface area contributed by atoms with Gasteiger partial charge in [0.2, 0.25) is 5.91 Å². The number of aryl methyl sites for hydroxylation is 3. The summed E-state index contributed by atoms with van der Waals surface area (Å²) in [6.07, 6.45) is 5.85. The topological polar surface area (TPSA) is 59.8 Å². The number of nitrogens with zero attached hydrogens (tertiary/aromatic N) is 3. The number of carbonyl (C=O) groups excluding carboxylic acids is 1. The largest absolute Gasteiger partial charge is 0.348 e. The molecule has 0 aliphatic carbocycles. The average molecular weight is 300 g/mol. The molecule has 2 aromatic rings. The molecule has 1 amide bonds. The zero-order valence-electron chi connectivity index (χ0n) is 13.5. The molecule has 0 aliphatic heterocycles. The van der Waals surface area contributed by atoms with Gasteiger partial charge in [0.25, 0.3) is 0 Å². The lowest BCUT2D eigenvalue weighted by molar-refractivity contribution is -0.122. The molecule has 0 aliphatic rings. The first-order valence-electron chi connectivity index (χ1n) is 7.87. The summed E-state index contributed by atoms with van der Waals surface area (Å²) in [5.74, 6) is 1.06. The van der Waals surface area contributed by atoms with Crippen LogP contribution in [0.5, 0.6) is 0 Å². The van der Waals surface area contributed by atoms with Crippen LogP contribution in [0.2, 0.25) is 0 Å². The van der Waals surface area contributed by atoms with Crippen molar-refractivity contribution in [3.63, 3.8) is 0 Å². The Kier molecular flexibility index (Phi) is 5.69. The Labute approximate surface area is 131 Å². The van der Waals surface area contributed by atoms with Gasteiger partial charge in [-0.15, -0.1) is 0 Å². The number of hydrogen-bond donors (Lipinski definition) is 1. The first-order chi connectivity index (χ1) is 10.6. The van der Waals surface area contributed by atoms with Gasteiger partial charge in [0.15, 0.2) is 0 Å². The predicted molar refractivity (Wildman–Crippen MR) is 86.4 cm³/mol. The first kappa shape index (κ1) is 16.2. The van der Waals surface area contributed by atoms with Crippen molar-refractivity contribution in [2.24, 2.45) is 0 Å². The number of nitrogens with one attached hydrogen (secondary N) is 1. The zero-order valence-corrected chi connectivity index (χ0v) is 13.5. The van der Waals surface area contributed by atoms with Crippen LogP contribution in [-0.4, -0.2) is 20.4 Å². The van der Waals surface area contributed by atoms with Gasteiger partial charge in [-0.05, 0) is 25.5 Å². The summed E-state index contributed by atoms with van der Waals surface area (Å²) in [5.41, 5.74) is 1.89. The molecule has 0 fully saturated rings. The summed E-state index contributed by atoms with van der Waals surface area (Å²) >= 11 is 0. The molecule has 0 radical (unpaired) electrons. The van der Waals surface area contributed by atoms with Crippen molar-refractivity contribution >= 4 is 5.91 Å². The Balaban J connectivity index is 1.92. The fraction of sp³-hybridized carbons (Fsp3) is 0.471. The van der Waals surface area contributed by atoms with E-state index in [1.165, 1.54) is 0 Å². The second-order valence-electron chi connectivity index (χ2n) is 5.37. The molecular weight excluding hydrogens is 276 g/mol. The van der Waals surface area contributed by atoms with Gasteiger partial charge >= 0.3 is 0 Å². The smallest absolute Gasteiger partial charge is 0.222 e. The fourth-order valence-corrected chi connectivity index (χ4v) is 2.49. The van der Waals surface area contributed by atoms with Crippen LogP contribution in [0.15, 0.2) is 30.6 Å². The summed E-state index contributed by atoms with van der Waals surface area (Å²) in [6, 6.07) is 5.88. The molecule has 5 heteroatoms. The Morgan fingerprint density at radius 1 is 1.36 bits per heavy atom. The normalized spacial score (nSPS) is 12.1. The second-order valence-corrected chi connectivity index (χ2v) is 5.37. The molecule has 5 nitrogen and oxygen atoms in total. The minimum absolute atomic E-state index is 0.0270. The van der Waals surface area contributed by atoms with Crippen molar-refractivity contribution in [3.8, 4) is 0 Å². The van der Waals surface area contributed by atoms with Gasteiger partial charge in [-0.2, -0.15) is 0 Å². The Morgan fingerprint density at radius 2 is 2.18 bits per heavy atom. The molecule has 2 aromatic heterocycles. The van der Waals surface area contributed by atoms with Crippen LogP contribution >= 0.6 is 0 Å². The Bertz CT molecular complexity index is 621. The van der Waals surface area contributed by atoms with Crippen LogP contribution in [0.3, 0.4) is 0 Å². The van der Waals surface area contributed by atoms with Crippen LogP contribution in [0, 0.1) is 6.92 Å². The van der Waals surface area contributed by atoms with E-state index in [0.29, 0.717) is 13.0 Å². The summed E-state index contributed by atoms with van der Waals surface area (Å²) < 4.78 is 2.03. The van der Waals surface area contributed by atoms with Crippen molar-refractivity contribution in [2.45, 2.75) is 52.6 Å². The maximum atomic E-state index is 12.2. The predicted octanol–water partition coefficient (Wildman–Crippen LogP) is 2.81. The summed E-state index contributed by atoms with van der Waals surface area (Å²) in [4.78, 5) is 21.0. The van der Waals surface area contributed by atoms with Gasteiger partial charge in [-0.25, -0.2) is 4.98 Å². The van der Waals surface area contributed by atoms with Crippen LogP contribution in [0.25, 0.3) is 0 Å². The van der Waals surface area contributed by atoms with Gasteiger partial charge in [0, 0.05) is 37.5 Å². The fourth-order valence-electron chi connectivity index (χ4n) is 2.49. The van der Waals surface area contributed by atoms with E-state index in [-0.39, 0.29) is 11.9 Å². The first-order valence-corrected chi connectivity index (χ1v) is 7.87. The molecule has 1 atom stereocenters. The summed E-state index contributed by atoms with van der Waals surface area (Å²) in [5, 5.41) is 3.07. The number of aromatic nitrogens is 3. The third kappa shape index (κ3) is 4.16. The van der Waals surface area contributed by atoms with Gasteiger partial charge in [0.05, 0.1) is 11.7 Å². The molecule has 2 rings (SSSR count). The molecule has 0 unspecified atom stereocenters. The molecule has 2 heterocycles. The van der Waals surface area contributed by atoms with E-state index >= 15 is 0 Å². The van der Waals surface area contributed by atoms with Crippen LogP contribution in [-0.2, 0) is 17.8 Å². The third-order valence-electron chi connectivity index (χ3n) is 3.71. The van der Waals surface area contributed by atoms with Gasteiger partial charge in [-0.1, -0.05) is 19.9 Å². The molecule has 0 aromatic carbocycles. The quantitative estimate of drug-likeness (QED) is 0.855. The van der Waals surface area contributed by atoms with E-state index in [2.05, 4.69) is 29.1 Å². The highest BCUT2D eigenvalue weighted by atomic mass is 16.1. The minimum Gasteiger partial charge on any atom is -0.348 e. The third-order valence-corrected chi connectivity index (χ3v) is 3.71. The minimum atomic E-state index is -0.0270. The molecule has 118 valence electrons. The number of carbonyl (C=O) groups is 1. The number of rotatable bonds is 7. The maximum absolute atomic E-state index is 12.2. The SMILES string of the molecule is CCc1nccn1CCC(=O)N[C@H](CC)c1cccc(C)n1. The lowest BCUT2D eigenvalue weighted by atomic mass is 10.1. The van der Waals surface area contributed by atoms with Crippen molar-refractivity contribution in [1.29, 1.82) is 0 Å². The number of imidazole rings is 1. The maximum Gasteiger partial charge on any atom is 0.222 e. The Hall–Kier alpha value is -2.17. The number of amides is 1. The standard InChI is InChI=1S/C17H24N4O/c1-4-14(15-8-6-7-13(3)19-15)20-17(22)9-11-21-12-10-18-16(21)5-2/h6-8,10,12,14H,4-5,9,11H2,1-3H3,(H,20,22)/t14-/m1/s1. The lowest BCUT2D eigenvalue weighted by Gasteiger charge is -2.17. The highest BCUT2D eigenvalue weighted by Gasteiger charge is 2.14. The van der Waals surface area contributed by atoms with E-state index in [1.54, 1.807) is 6.20 Å². The van der Waals surface area contributed by atoms with Gasteiger partial charge in [0.1, 0.15) is 5.82 Å². The van der Waals surface area contributed by atoms with Gasteiger partial charge in [-0.3, -0.25) is 9.78 Å². The van der Waals surface area contributed by atoms with Crippen LogP contribution in [0.1, 0.15) is 49.9 Å². The average Bonchev–Trinajstić information content (AvgIpc) is 2.98. The molecule has 0 bridgehead atoms. The molecule has 0 saturated carbocycles. The van der Waals surface area contributed by atoms with Crippen molar-refractivity contribution in [2.75, 3.05) is 0 Å². The molecule has 22 heavy (non-hydrogen) atoms. The summed E-state index contributed by atoms with van der Waals surface area (Å²) in [6.45, 7) is 6.74. The van der Waals surface area contributed by atoms with E-state index < -0.39 is 0 Å². The van der Waals surface area contributed by atoms with Crippen LogP contribution in [0.4, 0.5) is 0 Å². The lowest BCUT2D eigenvalue weighted by Crippen LogP contribution is -2.29. The summed E-state index contributed by atoms with van der Waals surface area (Å²) in [7, 11) is 0. The van der Waals surface area contributed by atoms with E-state index in [0.717, 1.165) is 30.1 Å². The van der Waals surface area contributed by atoms with Crippen molar-refractivity contribution in [3.05, 3.63) is 47.8 Å². The van der Waals surface area contributed by atoms with Crippen molar-refractivity contribution in [1.82, 2.24) is 19.9 Å². The highest BCUT2D eigenvalue weighted by molar-refractivity contribution is 5.76. The zero-order chi connectivity index (χ0) is 15.9. The molecule has 0 saturated heterocycles. The molecule has 1 N–H and O–H groups in total. The Morgan fingerprint density at radius 3 is 2.86 bits per heavy atom. The van der Waals surface area contributed by atoms with E-state index in [9.17, 15) is 4.79 Å². The van der Waals surface area contributed by atoms with Gasteiger partial charge < -0.3 is 9.88 Å². The highest BCUT2D eigenvalue weighted by Crippen LogP contribution is 2.14. The number of hydrogen-bond acceptors (Lipinski definition) is 3. The monoisotopic (exact) mass is 300 g/mol. The second kappa shape index (κ2) is 7.73. The number of pyridine rings is 1.